The van der Waals surface area contributed by atoms with Crippen molar-refractivity contribution in [2.45, 2.75) is 12.8 Å². The van der Waals surface area contributed by atoms with Gasteiger partial charge in [-0.1, -0.05) is 23.7 Å². The second kappa shape index (κ2) is 8.55. The van der Waals surface area contributed by atoms with Gasteiger partial charge in [0.05, 0.1) is 29.1 Å². The average molecular weight is 427 g/mol. The topological polar surface area (TPSA) is 59.8 Å². The summed E-state index contributed by atoms with van der Waals surface area (Å²) < 4.78 is 15.9. The fourth-order valence-electron chi connectivity index (χ4n) is 2.90. The molecule has 0 fully saturated rings. The van der Waals surface area contributed by atoms with Crippen molar-refractivity contribution in [2.24, 2.45) is 0 Å². The molecule has 0 aliphatic heterocycles. The summed E-state index contributed by atoms with van der Waals surface area (Å²) in [5, 5.41) is 6.17. The van der Waals surface area contributed by atoms with E-state index >= 15 is 0 Å². The Balaban J connectivity index is 1.38. The number of carbonyl (C=O) groups excluding carboxylic acids is 1. The van der Waals surface area contributed by atoms with E-state index in [0.29, 0.717) is 28.5 Å². The van der Waals surface area contributed by atoms with Crippen LogP contribution in [0, 0.1) is 5.82 Å². The smallest absolute Gasteiger partial charge is 0.230 e. The lowest BCUT2D eigenvalue weighted by molar-refractivity contribution is -0.115. The van der Waals surface area contributed by atoms with Gasteiger partial charge in [0, 0.05) is 34.9 Å². The maximum atomic E-state index is 14.3. The highest BCUT2D eigenvalue weighted by Crippen LogP contribution is 2.20. The lowest BCUT2D eigenvalue weighted by Gasteiger charge is -2.08. The van der Waals surface area contributed by atoms with Gasteiger partial charge in [-0.2, -0.15) is 0 Å². The normalized spacial score (nSPS) is 10.8. The molecule has 0 saturated heterocycles. The number of halogens is 2. The number of rotatable bonds is 6. The minimum absolute atomic E-state index is 0.122. The predicted molar refractivity (Wildman–Crippen MR) is 112 cm³/mol. The zero-order valence-corrected chi connectivity index (χ0v) is 16.8. The highest BCUT2D eigenvalue weighted by molar-refractivity contribution is 7.09. The third-order valence-electron chi connectivity index (χ3n) is 4.20. The molecular formula is C21H16ClFN4OS. The highest BCUT2D eigenvalue weighted by atomic mass is 35.5. The Labute approximate surface area is 175 Å². The molecule has 0 radical (unpaired) electrons. The Kier molecular flexibility index (Phi) is 5.69. The van der Waals surface area contributed by atoms with Crippen LogP contribution in [-0.4, -0.2) is 20.4 Å². The first-order valence-corrected chi connectivity index (χ1v) is 10.1. The zero-order chi connectivity index (χ0) is 20.2. The molecule has 4 rings (SSSR count). The molecule has 0 saturated carbocycles. The molecule has 2 heterocycles. The quantitative estimate of drug-likeness (QED) is 0.477. The van der Waals surface area contributed by atoms with Gasteiger partial charge >= 0.3 is 0 Å². The number of aromatic nitrogens is 3. The van der Waals surface area contributed by atoms with Crippen molar-refractivity contribution in [3.05, 3.63) is 93.7 Å². The van der Waals surface area contributed by atoms with Gasteiger partial charge in [0.25, 0.3) is 0 Å². The van der Waals surface area contributed by atoms with E-state index in [4.69, 9.17) is 11.6 Å². The zero-order valence-electron chi connectivity index (χ0n) is 15.2. The number of carbonyl (C=O) groups is 1. The van der Waals surface area contributed by atoms with E-state index < -0.39 is 5.82 Å². The molecular weight excluding hydrogens is 411 g/mol. The van der Waals surface area contributed by atoms with Crippen molar-refractivity contribution in [3.63, 3.8) is 0 Å². The van der Waals surface area contributed by atoms with E-state index in [9.17, 15) is 9.18 Å². The third-order valence-corrected chi connectivity index (χ3v) is 5.33. The summed E-state index contributed by atoms with van der Waals surface area (Å²) in [6.07, 6.45) is 5.52. The molecule has 0 aliphatic rings. The highest BCUT2D eigenvalue weighted by Gasteiger charge is 2.11. The van der Waals surface area contributed by atoms with Crippen LogP contribution in [0.15, 0.2) is 66.6 Å². The van der Waals surface area contributed by atoms with Gasteiger partial charge in [0.1, 0.15) is 5.82 Å². The van der Waals surface area contributed by atoms with E-state index in [0.717, 1.165) is 10.6 Å². The Bertz CT molecular complexity index is 1140. The summed E-state index contributed by atoms with van der Waals surface area (Å²) in [6, 6.07) is 12.2. The molecule has 4 aromatic rings. The van der Waals surface area contributed by atoms with Crippen molar-refractivity contribution in [1.29, 1.82) is 0 Å². The SMILES string of the molecule is O=C(Cc1csc(Cc2cccc(Cl)c2)n1)Nc1ccc(-n2ccnc2)c(F)c1. The van der Waals surface area contributed by atoms with Gasteiger partial charge < -0.3 is 9.88 Å². The van der Waals surface area contributed by atoms with Crippen molar-refractivity contribution in [2.75, 3.05) is 5.32 Å². The van der Waals surface area contributed by atoms with Crippen LogP contribution >= 0.6 is 22.9 Å². The Morgan fingerprint density at radius 1 is 1.24 bits per heavy atom. The fraction of sp³-hybridized carbons (Fsp3) is 0.0952. The number of nitrogens with zero attached hydrogens (tertiary/aromatic N) is 3. The maximum absolute atomic E-state index is 14.3. The van der Waals surface area contributed by atoms with Crippen LogP contribution in [0.4, 0.5) is 10.1 Å². The molecule has 2 aromatic carbocycles. The molecule has 29 heavy (non-hydrogen) atoms. The van der Waals surface area contributed by atoms with Crippen molar-refractivity contribution in [3.8, 4) is 5.69 Å². The Morgan fingerprint density at radius 2 is 2.14 bits per heavy atom. The van der Waals surface area contributed by atoms with Gasteiger partial charge in [-0.25, -0.2) is 14.4 Å². The maximum Gasteiger partial charge on any atom is 0.230 e. The fourth-order valence-corrected chi connectivity index (χ4v) is 3.94. The van der Waals surface area contributed by atoms with Crippen LogP contribution in [0.2, 0.25) is 5.02 Å². The van der Waals surface area contributed by atoms with Gasteiger partial charge in [-0.15, -0.1) is 11.3 Å². The Morgan fingerprint density at radius 3 is 2.90 bits per heavy atom. The number of nitrogens with one attached hydrogen (secondary N) is 1. The predicted octanol–water partition coefficient (Wildman–Crippen LogP) is 4.89. The first kappa shape index (κ1) is 19.3. The van der Waals surface area contributed by atoms with E-state index in [1.54, 1.807) is 29.1 Å². The van der Waals surface area contributed by atoms with Crippen molar-refractivity contribution < 1.29 is 9.18 Å². The molecule has 146 valence electrons. The molecule has 5 nitrogen and oxygen atoms in total. The molecule has 0 aliphatic carbocycles. The molecule has 1 amide bonds. The third kappa shape index (κ3) is 4.88. The van der Waals surface area contributed by atoms with E-state index in [-0.39, 0.29) is 12.3 Å². The van der Waals surface area contributed by atoms with Gasteiger partial charge in [0.2, 0.25) is 5.91 Å². The summed E-state index contributed by atoms with van der Waals surface area (Å²) in [6.45, 7) is 0. The minimum Gasteiger partial charge on any atom is -0.326 e. The molecule has 0 spiro atoms. The molecule has 1 N–H and O–H groups in total. The number of amides is 1. The van der Waals surface area contributed by atoms with E-state index in [1.807, 2.05) is 29.6 Å². The van der Waals surface area contributed by atoms with Crippen LogP contribution in [-0.2, 0) is 17.6 Å². The first-order valence-electron chi connectivity index (χ1n) is 8.82. The van der Waals surface area contributed by atoms with Crippen LogP contribution in [0.5, 0.6) is 0 Å². The summed E-state index contributed by atoms with van der Waals surface area (Å²) in [5.74, 6) is -0.697. The first-order chi connectivity index (χ1) is 14.1. The largest absolute Gasteiger partial charge is 0.326 e. The lowest BCUT2D eigenvalue weighted by atomic mass is 10.2. The monoisotopic (exact) mass is 426 g/mol. The van der Waals surface area contributed by atoms with E-state index in [1.165, 1.54) is 23.7 Å². The number of imidazole rings is 1. The summed E-state index contributed by atoms with van der Waals surface area (Å²) in [5.41, 5.74) is 2.51. The molecule has 0 bridgehead atoms. The molecule has 0 atom stereocenters. The summed E-state index contributed by atoms with van der Waals surface area (Å²) in [4.78, 5) is 20.7. The number of hydrogen-bond acceptors (Lipinski definition) is 4. The van der Waals surface area contributed by atoms with Crippen molar-refractivity contribution >= 4 is 34.5 Å². The second-order valence-corrected chi connectivity index (χ2v) is 7.78. The lowest BCUT2D eigenvalue weighted by Crippen LogP contribution is -2.15. The minimum atomic E-state index is -0.446. The van der Waals surface area contributed by atoms with Gasteiger partial charge in [-0.3, -0.25) is 4.79 Å². The van der Waals surface area contributed by atoms with Crippen LogP contribution in [0.3, 0.4) is 0 Å². The molecule has 0 unspecified atom stereocenters. The number of thiazole rings is 1. The summed E-state index contributed by atoms with van der Waals surface area (Å²) >= 11 is 7.51. The van der Waals surface area contributed by atoms with E-state index in [2.05, 4.69) is 15.3 Å². The average Bonchev–Trinajstić information content (AvgIpc) is 3.34. The van der Waals surface area contributed by atoms with Gasteiger partial charge in [0.15, 0.2) is 0 Å². The standard InChI is InChI=1S/C21H16ClFN4OS/c22-15-3-1-2-14(8-15)9-21-26-17(12-29-21)11-20(28)25-16-4-5-19(18(23)10-16)27-7-6-24-13-27/h1-8,10,12-13H,9,11H2,(H,25,28). The van der Waals surface area contributed by atoms with Crippen molar-refractivity contribution in [1.82, 2.24) is 14.5 Å². The number of anilines is 1. The van der Waals surface area contributed by atoms with Crippen LogP contribution in [0.1, 0.15) is 16.3 Å². The van der Waals surface area contributed by atoms with Gasteiger partial charge in [-0.05, 0) is 35.9 Å². The second-order valence-electron chi connectivity index (χ2n) is 6.40. The molecule has 8 heteroatoms. The summed E-state index contributed by atoms with van der Waals surface area (Å²) in [7, 11) is 0. The van der Waals surface area contributed by atoms with Crippen LogP contribution < -0.4 is 5.32 Å². The molecule has 2 aromatic heterocycles. The number of hydrogen-bond donors (Lipinski definition) is 1. The van der Waals surface area contributed by atoms with Crippen LogP contribution in [0.25, 0.3) is 5.69 Å². The Hall–Kier alpha value is -3.03. The number of benzene rings is 2.